The van der Waals surface area contributed by atoms with Crippen LogP contribution in [-0.2, 0) is 4.74 Å². The SMILES string of the molecule is CCOC(=O)c1ccc2c(C)cccc2n1. The summed E-state index contributed by atoms with van der Waals surface area (Å²) in [6, 6.07) is 9.45. The number of pyridine rings is 1. The lowest BCUT2D eigenvalue weighted by Gasteiger charge is -2.04. The Morgan fingerprint density at radius 3 is 2.88 bits per heavy atom. The minimum atomic E-state index is -0.370. The van der Waals surface area contributed by atoms with E-state index in [0.717, 1.165) is 16.5 Å². The van der Waals surface area contributed by atoms with Gasteiger partial charge in [-0.05, 0) is 31.5 Å². The highest BCUT2D eigenvalue weighted by Crippen LogP contribution is 2.16. The molecule has 0 saturated heterocycles. The Kier molecular flexibility index (Phi) is 2.86. The highest BCUT2D eigenvalue weighted by Gasteiger charge is 2.08. The van der Waals surface area contributed by atoms with Crippen molar-refractivity contribution in [2.24, 2.45) is 0 Å². The maximum atomic E-state index is 11.5. The zero-order chi connectivity index (χ0) is 11.5. The fourth-order valence-corrected chi connectivity index (χ4v) is 1.63. The molecule has 82 valence electrons. The zero-order valence-corrected chi connectivity index (χ0v) is 9.36. The van der Waals surface area contributed by atoms with Crippen LogP contribution in [0.3, 0.4) is 0 Å². The van der Waals surface area contributed by atoms with Gasteiger partial charge in [0.1, 0.15) is 5.69 Å². The number of rotatable bonds is 2. The fourth-order valence-electron chi connectivity index (χ4n) is 1.63. The summed E-state index contributed by atoms with van der Waals surface area (Å²) in [5.74, 6) is -0.370. The Morgan fingerprint density at radius 1 is 1.31 bits per heavy atom. The van der Waals surface area contributed by atoms with E-state index in [1.165, 1.54) is 0 Å². The summed E-state index contributed by atoms with van der Waals surface area (Å²) in [4.78, 5) is 15.8. The third-order valence-corrected chi connectivity index (χ3v) is 2.43. The van der Waals surface area contributed by atoms with Crippen molar-refractivity contribution in [2.45, 2.75) is 13.8 Å². The topological polar surface area (TPSA) is 39.2 Å². The third-order valence-electron chi connectivity index (χ3n) is 2.43. The van der Waals surface area contributed by atoms with E-state index in [1.54, 1.807) is 13.0 Å². The molecule has 1 heterocycles. The average Bonchev–Trinajstić information content (AvgIpc) is 2.29. The van der Waals surface area contributed by atoms with E-state index in [9.17, 15) is 4.79 Å². The number of esters is 1. The summed E-state index contributed by atoms with van der Waals surface area (Å²) >= 11 is 0. The first kappa shape index (κ1) is 10.6. The molecule has 0 atom stereocenters. The fraction of sp³-hybridized carbons (Fsp3) is 0.231. The zero-order valence-electron chi connectivity index (χ0n) is 9.36. The van der Waals surface area contributed by atoms with E-state index < -0.39 is 0 Å². The third kappa shape index (κ3) is 1.89. The molecule has 0 aliphatic rings. The Morgan fingerprint density at radius 2 is 2.12 bits per heavy atom. The van der Waals surface area contributed by atoms with Gasteiger partial charge in [-0.25, -0.2) is 9.78 Å². The van der Waals surface area contributed by atoms with Crippen LogP contribution in [0.15, 0.2) is 30.3 Å². The van der Waals surface area contributed by atoms with Crippen LogP contribution in [0.4, 0.5) is 0 Å². The number of fused-ring (bicyclic) bond motifs is 1. The predicted molar refractivity (Wildman–Crippen MR) is 62.4 cm³/mol. The van der Waals surface area contributed by atoms with Crippen molar-refractivity contribution >= 4 is 16.9 Å². The van der Waals surface area contributed by atoms with Gasteiger partial charge in [-0.3, -0.25) is 0 Å². The van der Waals surface area contributed by atoms with Crippen LogP contribution in [0.5, 0.6) is 0 Å². The summed E-state index contributed by atoms with van der Waals surface area (Å²) in [6.07, 6.45) is 0. The number of aryl methyl sites for hydroxylation is 1. The molecule has 0 bridgehead atoms. The molecule has 0 spiro atoms. The molecule has 0 aliphatic heterocycles. The lowest BCUT2D eigenvalue weighted by Crippen LogP contribution is -2.06. The molecule has 3 heteroatoms. The second-order valence-electron chi connectivity index (χ2n) is 3.56. The van der Waals surface area contributed by atoms with Gasteiger partial charge in [-0.15, -0.1) is 0 Å². The van der Waals surface area contributed by atoms with Crippen LogP contribution in [0.2, 0.25) is 0 Å². The molecular formula is C13H13NO2. The Balaban J connectivity index is 2.48. The van der Waals surface area contributed by atoms with Gasteiger partial charge in [0.05, 0.1) is 12.1 Å². The lowest BCUT2D eigenvalue weighted by molar-refractivity contribution is 0.0520. The van der Waals surface area contributed by atoms with Gasteiger partial charge in [0.25, 0.3) is 0 Å². The van der Waals surface area contributed by atoms with E-state index >= 15 is 0 Å². The molecule has 0 aliphatic carbocycles. The maximum absolute atomic E-state index is 11.5. The summed E-state index contributed by atoms with van der Waals surface area (Å²) < 4.78 is 4.91. The maximum Gasteiger partial charge on any atom is 0.356 e. The van der Waals surface area contributed by atoms with Gasteiger partial charge in [-0.2, -0.15) is 0 Å². The van der Waals surface area contributed by atoms with Crippen LogP contribution in [0.25, 0.3) is 10.9 Å². The van der Waals surface area contributed by atoms with Crippen molar-refractivity contribution in [3.63, 3.8) is 0 Å². The number of carbonyl (C=O) groups is 1. The monoisotopic (exact) mass is 215 g/mol. The molecule has 3 nitrogen and oxygen atoms in total. The lowest BCUT2D eigenvalue weighted by atomic mass is 10.1. The normalized spacial score (nSPS) is 10.4. The largest absolute Gasteiger partial charge is 0.461 e. The number of hydrogen-bond acceptors (Lipinski definition) is 3. The number of carbonyl (C=O) groups excluding carboxylic acids is 1. The van der Waals surface area contributed by atoms with Crippen LogP contribution in [-0.4, -0.2) is 17.6 Å². The van der Waals surface area contributed by atoms with Gasteiger partial charge in [0, 0.05) is 5.39 Å². The second kappa shape index (κ2) is 4.31. The molecule has 0 radical (unpaired) electrons. The van der Waals surface area contributed by atoms with Gasteiger partial charge in [0.2, 0.25) is 0 Å². The number of ether oxygens (including phenoxy) is 1. The summed E-state index contributed by atoms with van der Waals surface area (Å²) in [5.41, 5.74) is 2.34. The van der Waals surface area contributed by atoms with Gasteiger partial charge >= 0.3 is 5.97 Å². The van der Waals surface area contributed by atoms with E-state index in [-0.39, 0.29) is 5.97 Å². The summed E-state index contributed by atoms with van der Waals surface area (Å²) in [5, 5.41) is 1.07. The Labute approximate surface area is 94.1 Å². The molecule has 0 saturated carbocycles. The predicted octanol–water partition coefficient (Wildman–Crippen LogP) is 2.72. The molecular weight excluding hydrogens is 202 g/mol. The number of hydrogen-bond donors (Lipinski definition) is 0. The molecule has 1 aromatic heterocycles. The van der Waals surface area contributed by atoms with E-state index in [1.807, 2.05) is 31.2 Å². The van der Waals surface area contributed by atoms with Crippen LogP contribution >= 0.6 is 0 Å². The van der Waals surface area contributed by atoms with Crippen molar-refractivity contribution in [3.8, 4) is 0 Å². The highest BCUT2D eigenvalue weighted by atomic mass is 16.5. The number of aromatic nitrogens is 1. The number of nitrogens with zero attached hydrogens (tertiary/aromatic N) is 1. The van der Waals surface area contributed by atoms with Crippen LogP contribution in [0.1, 0.15) is 23.0 Å². The smallest absolute Gasteiger partial charge is 0.356 e. The second-order valence-corrected chi connectivity index (χ2v) is 3.56. The first-order chi connectivity index (χ1) is 7.72. The molecule has 0 amide bonds. The molecule has 0 unspecified atom stereocenters. The molecule has 0 N–H and O–H groups in total. The van der Waals surface area contributed by atoms with E-state index in [4.69, 9.17) is 4.74 Å². The van der Waals surface area contributed by atoms with Crippen molar-refractivity contribution in [2.75, 3.05) is 6.61 Å². The summed E-state index contributed by atoms with van der Waals surface area (Å²) in [6.45, 7) is 4.17. The molecule has 16 heavy (non-hydrogen) atoms. The Bertz CT molecular complexity index is 534. The van der Waals surface area contributed by atoms with E-state index in [0.29, 0.717) is 12.3 Å². The average molecular weight is 215 g/mol. The molecule has 0 fully saturated rings. The first-order valence-electron chi connectivity index (χ1n) is 5.26. The van der Waals surface area contributed by atoms with Crippen molar-refractivity contribution < 1.29 is 9.53 Å². The minimum Gasteiger partial charge on any atom is -0.461 e. The molecule has 2 rings (SSSR count). The van der Waals surface area contributed by atoms with Gasteiger partial charge in [0.15, 0.2) is 0 Å². The van der Waals surface area contributed by atoms with Gasteiger partial charge in [-0.1, -0.05) is 18.2 Å². The van der Waals surface area contributed by atoms with Crippen molar-refractivity contribution in [3.05, 3.63) is 41.6 Å². The molecule has 1 aromatic carbocycles. The van der Waals surface area contributed by atoms with Crippen molar-refractivity contribution in [1.29, 1.82) is 0 Å². The minimum absolute atomic E-state index is 0.361. The standard InChI is InChI=1S/C13H13NO2/c1-3-16-13(15)12-8-7-10-9(2)5-4-6-11(10)14-12/h4-8H,3H2,1-2H3. The van der Waals surface area contributed by atoms with Crippen LogP contribution < -0.4 is 0 Å². The highest BCUT2D eigenvalue weighted by molar-refractivity contribution is 5.91. The van der Waals surface area contributed by atoms with Crippen molar-refractivity contribution in [1.82, 2.24) is 4.98 Å². The van der Waals surface area contributed by atoms with E-state index in [2.05, 4.69) is 4.98 Å². The summed E-state index contributed by atoms with van der Waals surface area (Å²) in [7, 11) is 0. The molecule has 2 aromatic rings. The number of benzene rings is 1. The Hall–Kier alpha value is -1.90. The first-order valence-corrected chi connectivity index (χ1v) is 5.26. The van der Waals surface area contributed by atoms with Crippen LogP contribution in [0, 0.1) is 6.92 Å². The quantitative estimate of drug-likeness (QED) is 0.723. The van der Waals surface area contributed by atoms with Gasteiger partial charge < -0.3 is 4.74 Å².